The van der Waals surface area contributed by atoms with Gasteiger partial charge in [0.15, 0.2) is 0 Å². The number of rotatable bonds is 2. The van der Waals surface area contributed by atoms with Gasteiger partial charge < -0.3 is 5.11 Å². The highest BCUT2D eigenvalue weighted by Gasteiger charge is 2.45. The van der Waals surface area contributed by atoms with Gasteiger partial charge >= 0.3 is 0 Å². The second kappa shape index (κ2) is 2.85. The standard InChI is InChI=1S/C12H16O/c1-9-5-3-4-6-10(9)11(13)12(2)7-8-12/h3-6,11,13H,7-8H2,1-2H3. The molecule has 1 aromatic rings. The van der Waals surface area contributed by atoms with E-state index in [4.69, 9.17) is 0 Å². The average molecular weight is 176 g/mol. The van der Waals surface area contributed by atoms with Crippen molar-refractivity contribution in [3.63, 3.8) is 0 Å². The van der Waals surface area contributed by atoms with Crippen molar-refractivity contribution in [3.05, 3.63) is 35.4 Å². The fraction of sp³-hybridized carbons (Fsp3) is 0.500. The van der Waals surface area contributed by atoms with Crippen LogP contribution in [0.1, 0.15) is 37.0 Å². The summed E-state index contributed by atoms with van der Waals surface area (Å²) < 4.78 is 0. The Morgan fingerprint density at radius 3 is 2.46 bits per heavy atom. The number of benzene rings is 1. The van der Waals surface area contributed by atoms with Crippen LogP contribution in [0.5, 0.6) is 0 Å². The van der Waals surface area contributed by atoms with E-state index in [2.05, 4.69) is 19.9 Å². The fourth-order valence-electron chi connectivity index (χ4n) is 1.74. The zero-order valence-corrected chi connectivity index (χ0v) is 8.25. The molecule has 70 valence electrons. The van der Waals surface area contributed by atoms with Crippen molar-refractivity contribution in [2.75, 3.05) is 0 Å². The lowest BCUT2D eigenvalue weighted by Gasteiger charge is -2.19. The largest absolute Gasteiger partial charge is 0.388 e. The highest BCUT2D eigenvalue weighted by molar-refractivity contribution is 5.30. The van der Waals surface area contributed by atoms with Crippen molar-refractivity contribution in [2.24, 2.45) is 5.41 Å². The Kier molecular flexibility index (Phi) is 1.92. The van der Waals surface area contributed by atoms with Crippen LogP contribution in [0.15, 0.2) is 24.3 Å². The molecule has 0 radical (unpaired) electrons. The van der Waals surface area contributed by atoms with Crippen molar-refractivity contribution < 1.29 is 5.11 Å². The second-order valence-electron chi connectivity index (χ2n) is 4.41. The molecular formula is C12H16O. The highest BCUT2D eigenvalue weighted by Crippen LogP contribution is 2.54. The van der Waals surface area contributed by atoms with Gasteiger partial charge in [-0.3, -0.25) is 0 Å². The summed E-state index contributed by atoms with van der Waals surface area (Å²) in [5, 5.41) is 10.1. The summed E-state index contributed by atoms with van der Waals surface area (Å²) in [6.07, 6.45) is 2.04. The summed E-state index contributed by atoms with van der Waals surface area (Å²) in [6.45, 7) is 4.22. The Morgan fingerprint density at radius 1 is 1.31 bits per heavy atom. The molecule has 1 unspecified atom stereocenters. The Morgan fingerprint density at radius 2 is 1.92 bits per heavy atom. The number of aliphatic hydroxyl groups is 1. The van der Waals surface area contributed by atoms with E-state index >= 15 is 0 Å². The minimum absolute atomic E-state index is 0.159. The van der Waals surface area contributed by atoms with Gasteiger partial charge in [0, 0.05) is 0 Å². The highest BCUT2D eigenvalue weighted by atomic mass is 16.3. The summed E-state index contributed by atoms with van der Waals surface area (Å²) in [5.41, 5.74) is 2.46. The summed E-state index contributed by atoms with van der Waals surface area (Å²) in [4.78, 5) is 0. The Hall–Kier alpha value is -0.820. The van der Waals surface area contributed by atoms with Crippen LogP contribution in [0.4, 0.5) is 0 Å². The first-order valence-corrected chi connectivity index (χ1v) is 4.87. The van der Waals surface area contributed by atoms with Crippen LogP contribution in [0.25, 0.3) is 0 Å². The normalized spacial score (nSPS) is 21.2. The first-order chi connectivity index (χ1) is 6.13. The molecule has 0 amide bonds. The molecular weight excluding hydrogens is 160 g/mol. The second-order valence-corrected chi connectivity index (χ2v) is 4.41. The third-order valence-electron chi connectivity index (χ3n) is 3.18. The van der Waals surface area contributed by atoms with Gasteiger partial charge in [-0.05, 0) is 36.3 Å². The molecule has 1 heteroatoms. The van der Waals surface area contributed by atoms with Crippen LogP contribution in [0.3, 0.4) is 0 Å². The first kappa shape index (κ1) is 8.76. The molecule has 1 nitrogen and oxygen atoms in total. The van der Waals surface area contributed by atoms with Crippen LogP contribution in [-0.2, 0) is 0 Å². The summed E-state index contributed by atoms with van der Waals surface area (Å²) in [5.74, 6) is 0. The number of aliphatic hydroxyl groups excluding tert-OH is 1. The molecule has 1 N–H and O–H groups in total. The van der Waals surface area contributed by atoms with Crippen molar-refractivity contribution in [1.29, 1.82) is 0 Å². The maximum absolute atomic E-state index is 10.1. The van der Waals surface area contributed by atoms with E-state index < -0.39 is 0 Å². The smallest absolute Gasteiger partial charge is 0.0846 e. The van der Waals surface area contributed by atoms with Crippen molar-refractivity contribution >= 4 is 0 Å². The van der Waals surface area contributed by atoms with Gasteiger partial charge in [-0.25, -0.2) is 0 Å². The third kappa shape index (κ3) is 1.49. The molecule has 0 aliphatic heterocycles. The minimum atomic E-state index is -0.270. The van der Waals surface area contributed by atoms with Crippen LogP contribution >= 0.6 is 0 Å². The third-order valence-corrected chi connectivity index (χ3v) is 3.18. The minimum Gasteiger partial charge on any atom is -0.388 e. The molecule has 0 spiro atoms. The van der Waals surface area contributed by atoms with Crippen LogP contribution in [0.2, 0.25) is 0 Å². The van der Waals surface area contributed by atoms with E-state index in [1.54, 1.807) is 0 Å². The summed E-state index contributed by atoms with van der Waals surface area (Å²) in [7, 11) is 0. The topological polar surface area (TPSA) is 20.2 Å². The van der Waals surface area contributed by atoms with E-state index in [9.17, 15) is 5.11 Å². The number of hydrogen-bond donors (Lipinski definition) is 1. The van der Waals surface area contributed by atoms with Crippen LogP contribution in [0, 0.1) is 12.3 Å². The van der Waals surface area contributed by atoms with Gasteiger partial charge in [-0.15, -0.1) is 0 Å². The van der Waals surface area contributed by atoms with E-state index in [-0.39, 0.29) is 11.5 Å². The molecule has 0 bridgehead atoms. The lowest BCUT2D eigenvalue weighted by molar-refractivity contribution is 0.103. The lowest BCUT2D eigenvalue weighted by Crippen LogP contribution is -2.10. The molecule has 1 aliphatic carbocycles. The maximum atomic E-state index is 10.1. The molecule has 1 atom stereocenters. The average Bonchev–Trinajstić information content (AvgIpc) is 2.85. The number of aryl methyl sites for hydroxylation is 1. The van der Waals surface area contributed by atoms with Gasteiger partial charge in [0.1, 0.15) is 0 Å². The zero-order valence-electron chi connectivity index (χ0n) is 8.25. The zero-order chi connectivity index (χ0) is 9.47. The molecule has 0 saturated heterocycles. The quantitative estimate of drug-likeness (QED) is 0.734. The first-order valence-electron chi connectivity index (χ1n) is 4.87. The Bertz CT molecular complexity index is 313. The predicted molar refractivity (Wildman–Crippen MR) is 53.5 cm³/mol. The van der Waals surface area contributed by atoms with Crippen molar-refractivity contribution in [3.8, 4) is 0 Å². The van der Waals surface area contributed by atoms with E-state index in [1.165, 1.54) is 5.56 Å². The Balaban J connectivity index is 2.30. The van der Waals surface area contributed by atoms with Gasteiger partial charge in [0.2, 0.25) is 0 Å². The monoisotopic (exact) mass is 176 g/mol. The number of hydrogen-bond acceptors (Lipinski definition) is 1. The Labute approximate surface area is 79.4 Å². The molecule has 1 fully saturated rings. The molecule has 1 aliphatic rings. The molecule has 0 aromatic heterocycles. The van der Waals surface area contributed by atoms with E-state index in [0.29, 0.717) is 0 Å². The van der Waals surface area contributed by atoms with Gasteiger partial charge in [-0.2, -0.15) is 0 Å². The fourth-order valence-corrected chi connectivity index (χ4v) is 1.74. The van der Waals surface area contributed by atoms with Crippen molar-refractivity contribution in [1.82, 2.24) is 0 Å². The van der Waals surface area contributed by atoms with Gasteiger partial charge in [-0.1, -0.05) is 31.2 Å². The van der Waals surface area contributed by atoms with Crippen LogP contribution < -0.4 is 0 Å². The van der Waals surface area contributed by atoms with Gasteiger partial charge in [0.25, 0.3) is 0 Å². The van der Waals surface area contributed by atoms with E-state index in [0.717, 1.165) is 18.4 Å². The SMILES string of the molecule is Cc1ccccc1C(O)C1(C)CC1. The molecule has 13 heavy (non-hydrogen) atoms. The van der Waals surface area contributed by atoms with E-state index in [1.807, 2.05) is 18.2 Å². The maximum Gasteiger partial charge on any atom is 0.0846 e. The summed E-state index contributed by atoms with van der Waals surface area (Å²) >= 11 is 0. The van der Waals surface area contributed by atoms with Gasteiger partial charge in [0.05, 0.1) is 6.10 Å². The molecule has 1 aromatic carbocycles. The molecule has 0 heterocycles. The predicted octanol–water partition coefficient (Wildman–Crippen LogP) is 2.83. The van der Waals surface area contributed by atoms with Crippen molar-refractivity contribution in [2.45, 2.75) is 32.8 Å². The van der Waals surface area contributed by atoms with Crippen LogP contribution in [-0.4, -0.2) is 5.11 Å². The molecule has 2 rings (SSSR count). The molecule has 1 saturated carbocycles. The summed E-state index contributed by atoms with van der Waals surface area (Å²) in [6, 6.07) is 8.10. The lowest BCUT2D eigenvalue weighted by atomic mass is 9.92.